The van der Waals surface area contributed by atoms with Gasteiger partial charge in [-0.2, -0.15) is 0 Å². The number of nitrogens with one attached hydrogen (secondary N) is 1. The highest BCUT2D eigenvalue weighted by molar-refractivity contribution is 7.89. The Morgan fingerprint density at radius 2 is 1.95 bits per heavy atom. The number of hydrogen-bond acceptors (Lipinski definition) is 3. The molecule has 0 aliphatic heterocycles. The average molecular weight is 313 g/mol. The van der Waals surface area contributed by atoms with E-state index < -0.39 is 10.0 Å². The molecule has 0 aliphatic rings. The predicted molar refractivity (Wildman–Crippen MR) is 87.2 cm³/mol. The molecule has 1 aromatic rings. The van der Waals surface area contributed by atoms with E-state index in [1.165, 1.54) is 0 Å². The van der Waals surface area contributed by atoms with Gasteiger partial charge < -0.3 is 4.74 Å². The minimum Gasteiger partial charge on any atom is -0.497 e. The molecule has 5 heteroatoms. The summed E-state index contributed by atoms with van der Waals surface area (Å²) in [5.74, 6) is 0.860. The van der Waals surface area contributed by atoms with E-state index in [0.29, 0.717) is 13.0 Å². The van der Waals surface area contributed by atoms with Crippen LogP contribution in [0.25, 0.3) is 0 Å². The van der Waals surface area contributed by atoms with Gasteiger partial charge in [0.25, 0.3) is 0 Å². The Bertz CT molecular complexity index is 533. The van der Waals surface area contributed by atoms with E-state index in [4.69, 9.17) is 4.74 Å². The minimum absolute atomic E-state index is 0.107. The molecule has 0 spiro atoms. The van der Waals surface area contributed by atoms with Crippen molar-refractivity contribution in [3.63, 3.8) is 0 Å². The first-order valence-corrected chi connectivity index (χ1v) is 8.97. The maximum absolute atomic E-state index is 11.9. The fraction of sp³-hybridized carbons (Fsp3) is 0.625. The van der Waals surface area contributed by atoms with Gasteiger partial charge in [0.2, 0.25) is 10.0 Å². The third kappa shape index (κ3) is 8.07. The molecule has 1 rings (SSSR count). The molecule has 0 fully saturated rings. The number of sulfonamides is 1. The van der Waals surface area contributed by atoms with Gasteiger partial charge in [-0.25, -0.2) is 13.1 Å². The highest BCUT2D eigenvalue weighted by atomic mass is 32.2. The summed E-state index contributed by atoms with van der Waals surface area (Å²) in [6, 6.07) is 7.51. The fourth-order valence-electron chi connectivity index (χ4n) is 2.00. The molecule has 1 aromatic carbocycles. The van der Waals surface area contributed by atoms with Crippen molar-refractivity contribution in [3.05, 3.63) is 29.8 Å². The molecule has 0 bridgehead atoms. The van der Waals surface area contributed by atoms with E-state index in [9.17, 15) is 8.42 Å². The third-order valence-corrected chi connectivity index (χ3v) is 4.60. The first-order valence-electron chi connectivity index (χ1n) is 7.32. The number of hydrogen-bond donors (Lipinski definition) is 1. The topological polar surface area (TPSA) is 55.4 Å². The second kappa shape index (κ2) is 7.80. The Morgan fingerprint density at radius 3 is 2.57 bits per heavy atom. The van der Waals surface area contributed by atoms with E-state index >= 15 is 0 Å². The van der Waals surface area contributed by atoms with Gasteiger partial charge >= 0.3 is 0 Å². The van der Waals surface area contributed by atoms with Crippen LogP contribution in [0.4, 0.5) is 0 Å². The van der Waals surface area contributed by atoms with Gasteiger partial charge in [0, 0.05) is 6.54 Å². The van der Waals surface area contributed by atoms with Gasteiger partial charge in [0.1, 0.15) is 5.75 Å². The van der Waals surface area contributed by atoms with Gasteiger partial charge in [-0.1, -0.05) is 32.9 Å². The summed E-state index contributed by atoms with van der Waals surface area (Å²) in [5, 5.41) is 0. The summed E-state index contributed by atoms with van der Waals surface area (Å²) >= 11 is 0. The maximum Gasteiger partial charge on any atom is 0.211 e. The van der Waals surface area contributed by atoms with Crippen LogP contribution in [-0.4, -0.2) is 27.8 Å². The normalized spacial score (nSPS) is 12.4. The third-order valence-electron chi connectivity index (χ3n) is 3.22. The van der Waals surface area contributed by atoms with Crippen molar-refractivity contribution in [2.45, 2.75) is 40.0 Å². The molecule has 0 aromatic heterocycles. The largest absolute Gasteiger partial charge is 0.497 e. The Balaban J connectivity index is 2.38. The first-order chi connectivity index (χ1) is 9.72. The second-order valence-electron chi connectivity index (χ2n) is 6.48. The van der Waals surface area contributed by atoms with Crippen molar-refractivity contribution in [3.8, 4) is 5.75 Å². The van der Waals surface area contributed by atoms with E-state index in [2.05, 4.69) is 25.5 Å². The molecule has 0 radical (unpaired) electrons. The summed E-state index contributed by atoms with van der Waals surface area (Å²) in [6.07, 6.45) is 2.36. The molecule has 21 heavy (non-hydrogen) atoms. The molecule has 1 N–H and O–H groups in total. The zero-order chi connectivity index (χ0) is 15.9. The monoisotopic (exact) mass is 313 g/mol. The molecule has 0 saturated carbocycles. The Kier molecular flexibility index (Phi) is 6.68. The standard InChI is InChI=1S/C16H27NO3S/c1-16(2,3)10-6-11-17-21(18,19)12-9-14-7-5-8-15(13-14)20-4/h5,7-8,13,17H,6,9-12H2,1-4H3. The Labute approximate surface area is 129 Å². The van der Waals surface area contributed by atoms with Crippen molar-refractivity contribution in [1.29, 1.82) is 0 Å². The van der Waals surface area contributed by atoms with Crippen LogP contribution in [0.3, 0.4) is 0 Å². The first kappa shape index (κ1) is 18.0. The summed E-state index contributed by atoms with van der Waals surface area (Å²) in [4.78, 5) is 0. The molecule has 0 aliphatic carbocycles. The maximum atomic E-state index is 11.9. The quantitative estimate of drug-likeness (QED) is 0.751. The summed E-state index contributed by atoms with van der Waals surface area (Å²) in [6.45, 7) is 6.98. The summed E-state index contributed by atoms with van der Waals surface area (Å²) in [7, 11) is -1.60. The van der Waals surface area contributed by atoms with Crippen molar-refractivity contribution >= 4 is 10.0 Å². The lowest BCUT2D eigenvalue weighted by molar-refractivity contribution is 0.365. The summed E-state index contributed by atoms with van der Waals surface area (Å²) < 4.78 is 31.7. The van der Waals surface area contributed by atoms with Crippen LogP contribution in [-0.2, 0) is 16.4 Å². The number of methoxy groups -OCH3 is 1. The second-order valence-corrected chi connectivity index (χ2v) is 8.41. The van der Waals surface area contributed by atoms with Crippen molar-refractivity contribution in [1.82, 2.24) is 4.72 Å². The van der Waals surface area contributed by atoms with Crippen LogP contribution in [0, 0.1) is 5.41 Å². The smallest absolute Gasteiger partial charge is 0.211 e. The SMILES string of the molecule is COc1cccc(CCS(=O)(=O)NCCCC(C)(C)C)c1. The Morgan fingerprint density at radius 1 is 1.24 bits per heavy atom. The van der Waals surface area contributed by atoms with Gasteiger partial charge in [-0.3, -0.25) is 0 Å². The number of aryl methyl sites for hydroxylation is 1. The molecule has 0 heterocycles. The lowest BCUT2D eigenvalue weighted by Crippen LogP contribution is -2.28. The van der Waals surface area contributed by atoms with Crippen LogP contribution in [0.2, 0.25) is 0 Å². The number of benzene rings is 1. The van der Waals surface area contributed by atoms with Gasteiger partial charge in [-0.15, -0.1) is 0 Å². The van der Waals surface area contributed by atoms with Crippen molar-refractivity contribution in [2.24, 2.45) is 5.41 Å². The van der Waals surface area contributed by atoms with Gasteiger partial charge in [-0.05, 0) is 42.4 Å². The van der Waals surface area contributed by atoms with Gasteiger partial charge in [0.05, 0.1) is 12.9 Å². The highest BCUT2D eigenvalue weighted by Gasteiger charge is 2.12. The van der Waals surface area contributed by atoms with E-state index in [-0.39, 0.29) is 11.2 Å². The van der Waals surface area contributed by atoms with Gasteiger partial charge in [0.15, 0.2) is 0 Å². The lowest BCUT2D eigenvalue weighted by Gasteiger charge is -2.17. The molecule has 0 saturated heterocycles. The molecule has 0 unspecified atom stereocenters. The Hall–Kier alpha value is -1.07. The molecule has 4 nitrogen and oxygen atoms in total. The minimum atomic E-state index is -3.21. The fourth-order valence-corrected chi connectivity index (χ4v) is 3.10. The zero-order valence-corrected chi connectivity index (χ0v) is 14.3. The van der Waals surface area contributed by atoms with Crippen LogP contribution in [0.1, 0.15) is 39.2 Å². The predicted octanol–water partition coefficient (Wildman–Crippen LogP) is 2.98. The van der Waals surface area contributed by atoms with E-state index in [1.807, 2.05) is 24.3 Å². The number of ether oxygens (including phenoxy) is 1. The summed E-state index contributed by atoms with van der Waals surface area (Å²) in [5.41, 5.74) is 1.21. The number of rotatable bonds is 8. The molecule has 0 amide bonds. The zero-order valence-electron chi connectivity index (χ0n) is 13.5. The van der Waals surface area contributed by atoms with Crippen LogP contribution in [0.5, 0.6) is 5.75 Å². The highest BCUT2D eigenvalue weighted by Crippen LogP contribution is 2.19. The molecule has 0 atom stereocenters. The molecule has 120 valence electrons. The van der Waals surface area contributed by atoms with Crippen LogP contribution >= 0.6 is 0 Å². The van der Waals surface area contributed by atoms with E-state index in [0.717, 1.165) is 24.2 Å². The van der Waals surface area contributed by atoms with Crippen molar-refractivity contribution in [2.75, 3.05) is 19.4 Å². The lowest BCUT2D eigenvalue weighted by atomic mass is 9.91. The van der Waals surface area contributed by atoms with Crippen molar-refractivity contribution < 1.29 is 13.2 Å². The molecular weight excluding hydrogens is 286 g/mol. The van der Waals surface area contributed by atoms with Crippen LogP contribution < -0.4 is 9.46 Å². The average Bonchev–Trinajstić information content (AvgIpc) is 2.41. The van der Waals surface area contributed by atoms with Crippen LogP contribution in [0.15, 0.2) is 24.3 Å². The molecular formula is C16H27NO3S. The van der Waals surface area contributed by atoms with E-state index in [1.54, 1.807) is 7.11 Å².